The maximum Gasteiger partial charge on any atom is 0.254 e. The second kappa shape index (κ2) is 6.90. The molecule has 0 unspecified atom stereocenters. The number of aryl methyl sites for hydroxylation is 1. The van der Waals surface area contributed by atoms with Gasteiger partial charge in [-0.05, 0) is 43.5 Å². The molecule has 3 N–H and O–H groups in total. The van der Waals surface area contributed by atoms with E-state index < -0.39 is 11.7 Å². The number of halogens is 1. The SMILES string of the molecule is Cc1ccc(F)c(Nc2nc(NC3CC3)n3ncc(/C=C4\CC(=O)NC4=O)c3n2)c1. The lowest BCUT2D eigenvalue weighted by molar-refractivity contribution is -0.124. The summed E-state index contributed by atoms with van der Waals surface area (Å²) in [6, 6.07) is 5.03. The van der Waals surface area contributed by atoms with Gasteiger partial charge in [0.1, 0.15) is 5.82 Å². The first-order valence-electron chi connectivity index (χ1n) is 9.56. The summed E-state index contributed by atoms with van der Waals surface area (Å²) >= 11 is 0. The molecule has 3 aromatic rings. The summed E-state index contributed by atoms with van der Waals surface area (Å²) in [5.74, 6) is -0.523. The van der Waals surface area contributed by atoms with Gasteiger partial charge in [0.15, 0.2) is 5.65 Å². The van der Waals surface area contributed by atoms with Gasteiger partial charge < -0.3 is 10.6 Å². The third kappa shape index (κ3) is 3.47. The van der Waals surface area contributed by atoms with Crippen molar-refractivity contribution < 1.29 is 14.0 Å². The number of carbonyl (C=O) groups excluding carboxylic acids is 2. The number of carbonyl (C=O) groups is 2. The summed E-state index contributed by atoms with van der Waals surface area (Å²) in [7, 11) is 0. The number of hydrogen-bond donors (Lipinski definition) is 3. The number of anilines is 3. The largest absolute Gasteiger partial charge is 0.351 e. The summed E-state index contributed by atoms with van der Waals surface area (Å²) in [6.45, 7) is 1.87. The quantitative estimate of drug-likeness (QED) is 0.439. The van der Waals surface area contributed by atoms with Crippen LogP contribution in [0.1, 0.15) is 30.4 Å². The molecule has 1 aromatic carbocycles. The highest BCUT2D eigenvalue weighted by molar-refractivity contribution is 6.15. The predicted octanol–water partition coefficient (Wildman–Crippen LogP) is 2.32. The average molecular weight is 407 g/mol. The first-order valence-corrected chi connectivity index (χ1v) is 9.56. The van der Waals surface area contributed by atoms with Crippen molar-refractivity contribution in [1.29, 1.82) is 0 Å². The molecule has 0 atom stereocenters. The van der Waals surface area contributed by atoms with Gasteiger partial charge in [0.25, 0.3) is 5.91 Å². The van der Waals surface area contributed by atoms with Gasteiger partial charge in [-0.25, -0.2) is 4.39 Å². The van der Waals surface area contributed by atoms with Crippen molar-refractivity contribution in [2.75, 3.05) is 10.6 Å². The number of nitrogens with zero attached hydrogens (tertiary/aromatic N) is 4. The molecular weight excluding hydrogens is 389 g/mol. The number of nitrogens with one attached hydrogen (secondary N) is 3. The second-order valence-corrected chi connectivity index (χ2v) is 7.46. The molecule has 1 aliphatic heterocycles. The third-order valence-corrected chi connectivity index (χ3v) is 4.90. The van der Waals surface area contributed by atoms with Gasteiger partial charge >= 0.3 is 0 Å². The summed E-state index contributed by atoms with van der Waals surface area (Å²) in [6.07, 6.45) is 5.21. The Bertz CT molecular complexity index is 1230. The standard InChI is InChI=1S/C20H18FN7O2/c1-10-2-5-14(21)15(6-10)24-19-26-17-12(7-11-8-16(29)25-18(11)30)9-22-28(17)20(27-19)23-13-3-4-13/h2,5-7,9,13H,3-4,8H2,1H3,(H,25,29,30)(H2,23,24,26,27)/b11-7+. The Kier molecular flexibility index (Phi) is 4.19. The molecule has 0 spiro atoms. The summed E-state index contributed by atoms with van der Waals surface area (Å²) in [4.78, 5) is 32.4. The van der Waals surface area contributed by atoms with Crippen molar-refractivity contribution >= 4 is 41.1 Å². The van der Waals surface area contributed by atoms with E-state index in [1.54, 1.807) is 24.4 Å². The fraction of sp³-hybridized carbons (Fsp3) is 0.250. The zero-order chi connectivity index (χ0) is 20.8. The van der Waals surface area contributed by atoms with Crippen molar-refractivity contribution in [3.8, 4) is 0 Å². The lowest BCUT2D eigenvalue weighted by Gasteiger charge is -2.11. The average Bonchev–Trinajstić information content (AvgIpc) is 3.34. The van der Waals surface area contributed by atoms with E-state index >= 15 is 0 Å². The maximum atomic E-state index is 14.2. The first-order chi connectivity index (χ1) is 14.5. The van der Waals surface area contributed by atoms with Crippen LogP contribution in [0.3, 0.4) is 0 Å². The highest BCUT2D eigenvalue weighted by Gasteiger charge is 2.26. The molecule has 2 fully saturated rings. The monoisotopic (exact) mass is 407 g/mol. The molecule has 1 saturated carbocycles. The third-order valence-electron chi connectivity index (χ3n) is 4.90. The fourth-order valence-corrected chi connectivity index (χ4v) is 3.22. The molecular formula is C20H18FN7O2. The minimum atomic E-state index is -0.426. The number of hydrogen-bond acceptors (Lipinski definition) is 7. The van der Waals surface area contributed by atoms with E-state index in [-0.39, 0.29) is 24.0 Å². The van der Waals surface area contributed by atoms with Crippen LogP contribution in [0.25, 0.3) is 11.7 Å². The molecule has 30 heavy (non-hydrogen) atoms. The highest BCUT2D eigenvalue weighted by Crippen LogP contribution is 2.27. The van der Waals surface area contributed by atoms with Crippen LogP contribution in [-0.2, 0) is 9.59 Å². The van der Waals surface area contributed by atoms with E-state index in [4.69, 9.17) is 0 Å². The van der Waals surface area contributed by atoms with Gasteiger partial charge in [-0.15, -0.1) is 0 Å². The Morgan fingerprint density at radius 2 is 2.10 bits per heavy atom. The Morgan fingerprint density at radius 1 is 1.27 bits per heavy atom. The van der Waals surface area contributed by atoms with Crippen LogP contribution in [0.5, 0.6) is 0 Å². The van der Waals surface area contributed by atoms with E-state index in [1.807, 2.05) is 6.92 Å². The van der Waals surface area contributed by atoms with Crippen LogP contribution in [0.2, 0.25) is 0 Å². The van der Waals surface area contributed by atoms with Gasteiger partial charge in [-0.2, -0.15) is 19.6 Å². The molecule has 152 valence electrons. The van der Waals surface area contributed by atoms with Gasteiger partial charge in [-0.3, -0.25) is 14.9 Å². The molecule has 2 aliphatic rings. The molecule has 5 rings (SSSR count). The second-order valence-electron chi connectivity index (χ2n) is 7.46. The topological polar surface area (TPSA) is 113 Å². The van der Waals surface area contributed by atoms with Crippen LogP contribution in [0.4, 0.5) is 22.0 Å². The van der Waals surface area contributed by atoms with Gasteiger partial charge in [0.05, 0.1) is 18.3 Å². The number of fused-ring (bicyclic) bond motifs is 1. The molecule has 3 heterocycles. The van der Waals surface area contributed by atoms with E-state index in [0.717, 1.165) is 18.4 Å². The van der Waals surface area contributed by atoms with E-state index in [1.165, 1.54) is 10.6 Å². The van der Waals surface area contributed by atoms with Crippen LogP contribution in [-0.4, -0.2) is 37.4 Å². The fourth-order valence-electron chi connectivity index (χ4n) is 3.22. The van der Waals surface area contributed by atoms with Crippen molar-refractivity contribution in [1.82, 2.24) is 24.9 Å². The van der Waals surface area contributed by atoms with E-state index in [2.05, 4.69) is 31.0 Å². The van der Waals surface area contributed by atoms with Crippen LogP contribution in [0, 0.1) is 12.7 Å². The number of imide groups is 1. The molecule has 10 heteroatoms. The first kappa shape index (κ1) is 18.2. The molecule has 1 saturated heterocycles. The molecule has 0 radical (unpaired) electrons. The Morgan fingerprint density at radius 3 is 2.83 bits per heavy atom. The smallest absolute Gasteiger partial charge is 0.254 e. The molecule has 9 nitrogen and oxygen atoms in total. The normalized spacial score (nSPS) is 17.6. The van der Waals surface area contributed by atoms with Crippen molar-refractivity contribution in [3.05, 3.63) is 46.9 Å². The zero-order valence-corrected chi connectivity index (χ0v) is 16.1. The molecule has 1 aliphatic carbocycles. The number of aromatic nitrogens is 4. The lowest BCUT2D eigenvalue weighted by atomic mass is 10.1. The van der Waals surface area contributed by atoms with Crippen molar-refractivity contribution in [2.45, 2.75) is 32.2 Å². The maximum absolute atomic E-state index is 14.2. The summed E-state index contributed by atoms with van der Waals surface area (Å²) in [5, 5.41) is 12.8. The highest BCUT2D eigenvalue weighted by atomic mass is 19.1. The van der Waals surface area contributed by atoms with Gasteiger partial charge in [0.2, 0.25) is 17.8 Å². The van der Waals surface area contributed by atoms with Crippen LogP contribution in [0.15, 0.2) is 30.0 Å². The molecule has 0 bridgehead atoms. The van der Waals surface area contributed by atoms with Crippen LogP contribution < -0.4 is 16.0 Å². The summed E-state index contributed by atoms with van der Waals surface area (Å²) < 4.78 is 15.8. The number of benzene rings is 1. The predicted molar refractivity (Wildman–Crippen MR) is 108 cm³/mol. The van der Waals surface area contributed by atoms with Crippen molar-refractivity contribution in [3.63, 3.8) is 0 Å². The Balaban J connectivity index is 1.59. The number of rotatable bonds is 5. The summed E-state index contributed by atoms with van der Waals surface area (Å²) in [5.41, 5.74) is 2.48. The Labute approximate surface area is 170 Å². The van der Waals surface area contributed by atoms with E-state index in [9.17, 15) is 14.0 Å². The molecule has 2 amide bonds. The minimum Gasteiger partial charge on any atom is -0.351 e. The van der Waals surface area contributed by atoms with Crippen molar-refractivity contribution in [2.24, 2.45) is 0 Å². The van der Waals surface area contributed by atoms with Gasteiger partial charge in [0, 0.05) is 17.2 Å². The molecule has 2 aromatic heterocycles. The minimum absolute atomic E-state index is 0.00798. The number of amides is 2. The van der Waals surface area contributed by atoms with Crippen LogP contribution >= 0.6 is 0 Å². The van der Waals surface area contributed by atoms with Gasteiger partial charge in [-0.1, -0.05) is 6.07 Å². The Hall–Kier alpha value is -3.82. The lowest BCUT2D eigenvalue weighted by Crippen LogP contribution is -2.19. The van der Waals surface area contributed by atoms with E-state index in [0.29, 0.717) is 28.8 Å². The zero-order valence-electron chi connectivity index (χ0n) is 16.1.